The minimum absolute atomic E-state index is 0.485. The Hall–Kier alpha value is -2.92. The van der Waals surface area contributed by atoms with Crippen LogP contribution >= 0.6 is 11.6 Å². The largest absolute Gasteiger partial charge is 0.355 e. The first-order valence-corrected chi connectivity index (χ1v) is 9.77. The van der Waals surface area contributed by atoms with Gasteiger partial charge in [0.15, 0.2) is 17.0 Å². The average Bonchev–Trinajstić information content (AvgIpc) is 3.40. The highest BCUT2D eigenvalue weighted by Crippen LogP contribution is 2.38. The van der Waals surface area contributed by atoms with Crippen molar-refractivity contribution < 1.29 is 0 Å². The van der Waals surface area contributed by atoms with E-state index in [1.165, 1.54) is 0 Å². The van der Waals surface area contributed by atoms with Crippen LogP contribution in [0.25, 0.3) is 11.2 Å². The molecule has 0 N–H and O–H groups in total. The summed E-state index contributed by atoms with van der Waals surface area (Å²) in [5.74, 6) is 2.74. The predicted octanol–water partition coefficient (Wildman–Crippen LogP) is 2.34. The van der Waals surface area contributed by atoms with Crippen molar-refractivity contribution in [3.63, 3.8) is 0 Å². The molecule has 2 aliphatic rings. The summed E-state index contributed by atoms with van der Waals surface area (Å²) < 4.78 is 2.04. The van der Waals surface area contributed by atoms with E-state index in [9.17, 15) is 0 Å². The third-order valence-corrected chi connectivity index (χ3v) is 6.04. The van der Waals surface area contributed by atoms with Crippen molar-refractivity contribution in [2.75, 3.05) is 36.0 Å². The van der Waals surface area contributed by atoms with Crippen LogP contribution in [-0.2, 0) is 6.54 Å². The number of halogens is 1. The van der Waals surface area contributed by atoms with Gasteiger partial charge in [-0.2, -0.15) is 5.26 Å². The molecule has 5 heterocycles. The first-order chi connectivity index (χ1) is 13.7. The summed E-state index contributed by atoms with van der Waals surface area (Å²) in [6.45, 7) is 6.58. The van der Waals surface area contributed by atoms with Gasteiger partial charge in [-0.05, 0) is 13.0 Å². The molecule has 2 atom stereocenters. The van der Waals surface area contributed by atoms with Gasteiger partial charge in [0.05, 0.1) is 16.9 Å². The smallest absolute Gasteiger partial charge is 0.165 e. The van der Waals surface area contributed by atoms with Crippen molar-refractivity contribution in [2.24, 2.45) is 11.8 Å². The molecule has 0 aliphatic carbocycles. The Labute approximate surface area is 167 Å². The highest BCUT2D eigenvalue weighted by Gasteiger charge is 2.42. The number of hydrogen-bond acceptors (Lipinski definition) is 7. The quantitative estimate of drug-likeness (QED) is 0.673. The van der Waals surface area contributed by atoms with E-state index in [4.69, 9.17) is 16.9 Å². The molecule has 0 saturated carbocycles. The molecular formula is C19H19ClN8. The van der Waals surface area contributed by atoms with Crippen molar-refractivity contribution >= 4 is 34.4 Å². The van der Waals surface area contributed by atoms with Gasteiger partial charge in [-0.1, -0.05) is 11.6 Å². The summed E-state index contributed by atoms with van der Waals surface area (Å²) in [5.41, 5.74) is 2.25. The molecule has 2 unspecified atom stereocenters. The lowest BCUT2D eigenvalue weighted by Gasteiger charge is -2.23. The zero-order valence-electron chi connectivity index (χ0n) is 15.5. The Morgan fingerprint density at radius 3 is 2.43 bits per heavy atom. The minimum Gasteiger partial charge on any atom is -0.355 e. The monoisotopic (exact) mass is 394 g/mol. The highest BCUT2D eigenvalue weighted by atomic mass is 35.5. The van der Waals surface area contributed by atoms with Crippen molar-refractivity contribution in [2.45, 2.75) is 13.5 Å². The molecule has 2 aliphatic heterocycles. The number of rotatable bonds is 3. The SMILES string of the molecule is CCn1cnc2c(N3CC4CN(c5ncc(C#N)cc5Cl)CC4C3)ncnc21. The van der Waals surface area contributed by atoms with E-state index in [0.717, 1.165) is 55.5 Å². The normalized spacial score (nSPS) is 21.3. The Kier molecular flexibility index (Phi) is 4.05. The number of anilines is 2. The van der Waals surface area contributed by atoms with Gasteiger partial charge in [-0.15, -0.1) is 0 Å². The number of fused-ring (bicyclic) bond motifs is 2. The van der Waals surface area contributed by atoms with Gasteiger partial charge in [0.25, 0.3) is 0 Å². The van der Waals surface area contributed by atoms with Crippen LogP contribution in [0.5, 0.6) is 0 Å². The molecule has 0 bridgehead atoms. The van der Waals surface area contributed by atoms with Crippen LogP contribution in [0.1, 0.15) is 12.5 Å². The summed E-state index contributed by atoms with van der Waals surface area (Å²) in [6.07, 6.45) is 5.05. The lowest BCUT2D eigenvalue weighted by molar-refractivity contribution is 0.533. The molecule has 2 saturated heterocycles. The standard InChI is InChI=1S/C19H19ClN8/c1-2-26-11-25-16-18(26)23-10-24-19(16)28-8-13-6-27(7-14(13)9-28)17-15(20)3-12(4-21)5-22-17/h3,5,10-11,13-14H,2,6-9H2,1H3. The molecule has 0 spiro atoms. The fourth-order valence-corrected chi connectivity index (χ4v) is 4.68. The zero-order chi connectivity index (χ0) is 19.3. The number of aryl methyl sites for hydroxylation is 1. The molecule has 3 aromatic heterocycles. The van der Waals surface area contributed by atoms with E-state index >= 15 is 0 Å². The fourth-order valence-electron chi connectivity index (χ4n) is 4.39. The summed E-state index contributed by atoms with van der Waals surface area (Å²) in [7, 11) is 0. The molecule has 142 valence electrons. The number of aromatic nitrogens is 5. The highest BCUT2D eigenvalue weighted by molar-refractivity contribution is 6.33. The molecule has 3 aromatic rings. The maximum absolute atomic E-state index is 8.99. The van der Waals surface area contributed by atoms with E-state index < -0.39 is 0 Å². The topological polar surface area (TPSA) is 86.8 Å². The molecule has 0 amide bonds. The van der Waals surface area contributed by atoms with Crippen molar-refractivity contribution in [3.8, 4) is 6.07 Å². The maximum atomic E-state index is 8.99. The first kappa shape index (κ1) is 17.2. The Bertz CT molecular complexity index is 1070. The molecule has 0 radical (unpaired) electrons. The summed E-state index contributed by atoms with van der Waals surface area (Å²) in [5, 5.41) is 9.54. The molecule has 2 fully saturated rings. The van der Waals surface area contributed by atoms with Crippen molar-refractivity contribution in [1.29, 1.82) is 5.26 Å². The lowest BCUT2D eigenvalue weighted by atomic mass is 10.0. The molecule has 8 nitrogen and oxygen atoms in total. The van der Waals surface area contributed by atoms with Gasteiger partial charge in [-0.25, -0.2) is 19.9 Å². The molecular weight excluding hydrogens is 376 g/mol. The van der Waals surface area contributed by atoms with Crippen LogP contribution in [0, 0.1) is 23.2 Å². The summed E-state index contributed by atoms with van der Waals surface area (Å²) in [6, 6.07) is 3.76. The Balaban J connectivity index is 1.35. The van der Waals surface area contributed by atoms with Crippen molar-refractivity contribution in [3.05, 3.63) is 35.5 Å². The molecule has 28 heavy (non-hydrogen) atoms. The Morgan fingerprint density at radius 2 is 1.79 bits per heavy atom. The average molecular weight is 395 g/mol. The van der Waals surface area contributed by atoms with Crippen molar-refractivity contribution in [1.82, 2.24) is 24.5 Å². The second-order valence-electron chi connectivity index (χ2n) is 7.37. The number of hydrogen-bond donors (Lipinski definition) is 0. The first-order valence-electron chi connectivity index (χ1n) is 9.39. The van der Waals surface area contributed by atoms with Gasteiger partial charge < -0.3 is 14.4 Å². The van der Waals surface area contributed by atoms with Gasteiger partial charge in [0, 0.05) is 50.8 Å². The predicted molar refractivity (Wildman–Crippen MR) is 106 cm³/mol. The fraction of sp³-hybridized carbons (Fsp3) is 0.421. The molecule has 9 heteroatoms. The maximum Gasteiger partial charge on any atom is 0.165 e. The van der Waals surface area contributed by atoms with Gasteiger partial charge >= 0.3 is 0 Å². The third kappa shape index (κ3) is 2.66. The minimum atomic E-state index is 0.485. The lowest BCUT2D eigenvalue weighted by Crippen LogP contribution is -2.30. The summed E-state index contributed by atoms with van der Waals surface area (Å²) in [4.78, 5) is 22.5. The second kappa shape index (κ2) is 6.60. The number of pyridine rings is 1. The third-order valence-electron chi connectivity index (χ3n) is 5.76. The van der Waals surface area contributed by atoms with E-state index in [2.05, 4.69) is 42.7 Å². The van der Waals surface area contributed by atoms with E-state index in [-0.39, 0.29) is 0 Å². The van der Waals surface area contributed by atoms with E-state index in [1.54, 1.807) is 18.6 Å². The van der Waals surface area contributed by atoms with Gasteiger partial charge in [0.2, 0.25) is 0 Å². The van der Waals surface area contributed by atoms with Crippen LogP contribution in [0.15, 0.2) is 24.9 Å². The zero-order valence-corrected chi connectivity index (χ0v) is 16.2. The van der Waals surface area contributed by atoms with Gasteiger partial charge in [-0.3, -0.25) is 0 Å². The van der Waals surface area contributed by atoms with Crippen LogP contribution < -0.4 is 9.80 Å². The van der Waals surface area contributed by atoms with Crippen LogP contribution in [0.2, 0.25) is 5.02 Å². The Morgan fingerprint density at radius 1 is 1.07 bits per heavy atom. The second-order valence-corrected chi connectivity index (χ2v) is 7.78. The van der Waals surface area contributed by atoms with E-state index in [1.807, 2.05) is 10.9 Å². The van der Waals surface area contributed by atoms with E-state index in [0.29, 0.717) is 22.4 Å². The summed E-state index contributed by atoms with van der Waals surface area (Å²) >= 11 is 6.36. The van der Waals surface area contributed by atoms with Gasteiger partial charge in [0.1, 0.15) is 18.2 Å². The van der Waals surface area contributed by atoms with Crippen LogP contribution in [0.3, 0.4) is 0 Å². The number of nitrogens with zero attached hydrogens (tertiary/aromatic N) is 8. The van der Waals surface area contributed by atoms with Crippen LogP contribution in [0.4, 0.5) is 11.6 Å². The number of imidazole rings is 1. The number of nitriles is 1. The molecule has 5 rings (SSSR count). The molecule has 0 aromatic carbocycles. The van der Waals surface area contributed by atoms with Crippen LogP contribution in [-0.4, -0.2) is 50.7 Å².